The quantitative estimate of drug-likeness (QED) is 0.395. The molecular formula is C22H31N3O2S. The number of carbonyl (C=O) groups excluding carboxylic acids is 1. The first-order valence-corrected chi connectivity index (χ1v) is 10.8. The van der Waals surface area contributed by atoms with Crippen molar-refractivity contribution in [2.45, 2.75) is 64.6 Å². The molecule has 0 saturated carbocycles. The Labute approximate surface area is 172 Å². The van der Waals surface area contributed by atoms with Gasteiger partial charge in [0.2, 0.25) is 5.91 Å². The molecule has 6 heteroatoms. The van der Waals surface area contributed by atoms with Crippen LogP contribution < -0.4 is 10.9 Å². The molecule has 0 saturated heterocycles. The fourth-order valence-corrected chi connectivity index (χ4v) is 3.88. The van der Waals surface area contributed by atoms with Gasteiger partial charge in [0.1, 0.15) is 0 Å². The van der Waals surface area contributed by atoms with Crippen LogP contribution in [0.25, 0.3) is 0 Å². The van der Waals surface area contributed by atoms with Crippen LogP contribution in [0.15, 0.2) is 34.2 Å². The lowest BCUT2D eigenvalue weighted by Gasteiger charge is -2.13. The van der Waals surface area contributed by atoms with Crippen LogP contribution in [0, 0.1) is 13.8 Å². The standard InChI is InChI=1S/C22H31N3O2S/c1-6-16(3)23-20(26)11-8-12-28-22-24-17(4)19(21(27)25(22)5)14-18-10-7-9-15(2)13-18/h7,9-10,13,16H,6,8,11-12,14H2,1-5H3,(H,23,26). The lowest BCUT2D eigenvalue weighted by atomic mass is 10.0. The lowest BCUT2D eigenvalue weighted by molar-refractivity contribution is -0.121. The van der Waals surface area contributed by atoms with E-state index < -0.39 is 0 Å². The van der Waals surface area contributed by atoms with E-state index >= 15 is 0 Å². The molecule has 1 amide bonds. The number of aromatic nitrogens is 2. The summed E-state index contributed by atoms with van der Waals surface area (Å²) in [6.07, 6.45) is 2.78. The smallest absolute Gasteiger partial charge is 0.257 e. The van der Waals surface area contributed by atoms with E-state index in [1.54, 1.807) is 11.6 Å². The summed E-state index contributed by atoms with van der Waals surface area (Å²) in [5.74, 6) is 0.840. The molecule has 28 heavy (non-hydrogen) atoms. The number of nitrogens with one attached hydrogen (secondary N) is 1. The minimum Gasteiger partial charge on any atom is -0.354 e. The summed E-state index contributed by atoms with van der Waals surface area (Å²) >= 11 is 1.53. The van der Waals surface area contributed by atoms with Crippen molar-refractivity contribution in [2.24, 2.45) is 7.05 Å². The third-order valence-electron chi connectivity index (χ3n) is 4.81. The van der Waals surface area contributed by atoms with Gasteiger partial charge in [-0.15, -0.1) is 0 Å². The molecule has 1 aromatic heterocycles. The van der Waals surface area contributed by atoms with Gasteiger partial charge in [-0.25, -0.2) is 4.98 Å². The zero-order valence-corrected chi connectivity index (χ0v) is 18.4. The van der Waals surface area contributed by atoms with Crippen LogP contribution in [0.1, 0.15) is 55.5 Å². The second-order valence-corrected chi connectivity index (χ2v) is 8.38. The van der Waals surface area contributed by atoms with Gasteiger partial charge in [-0.3, -0.25) is 14.2 Å². The molecule has 0 spiro atoms. The number of hydrogen-bond acceptors (Lipinski definition) is 4. The highest BCUT2D eigenvalue weighted by Crippen LogP contribution is 2.18. The molecule has 0 bridgehead atoms. The maximum Gasteiger partial charge on any atom is 0.257 e. The highest BCUT2D eigenvalue weighted by atomic mass is 32.2. The lowest BCUT2D eigenvalue weighted by Crippen LogP contribution is -2.31. The summed E-state index contributed by atoms with van der Waals surface area (Å²) in [5, 5.41) is 3.68. The normalized spacial score (nSPS) is 12.0. The van der Waals surface area contributed by atoms with E-state index in [0.29, 0.717) is 18.0 Å². The molecular weight excluding hydrogens is 370 g/mol. The maximum atomic E-state index is 12.8. The summed E-state index contributed by atoms with van der Waals surface area (Å²) in [5.41, 5.74) is 3.83. The number of rotatable bonds is 9. The second kappa shape index (κ2) is 10.5. The largest absolute Gasteiger partial charge is 0.354 e. The molecule has 2 rings (SSSR count). The zero-order valence-electron chi connectivity index (χ0n) is 17.5. The van der Waals surface area contributed by atoms with Gasteiger partial charge in [0.15, 0.2) is 5.16 Å². The predicted molar refractivity (Wildman–Crippen MR) is 116 cm³/mol. The van der Waals surface area contributed by atoms with Crippen LogP contribution in [0.4, 0.5) is 0 Å². The Bertz CT molecular complexity index is 877. The number of nitrogens with zero attached hydrogens (tertiary/aromatic N) is 2. The van der Waals surface area contributed by atoms with E-state index in [1.165, 1.54) is 17.3 Å². The van der Waals surface area contributed by atoms with Crippen molar-refractivity contribution in [3.8, 4) is 0 Å². The highest BCUT2D eigenvalue weighted by molar-refractivity contribution is 7.99. The molecule has 0 radical (unpaired) electrons. The summed E-state index contributed by atoms with van der Waals surface area (Å²) in [6, 6.07) is 8.42. The van der Waals surface area contributed by atoms with Crippen molar-refractivity contribution in [1.29, 1.82) is 0 Å². The first-order chi connectivity index (χ1) is 13.3. The summed E-state index contributed by atoms with van der Waals surface area (Å²) < 4.78 is 1.63. The molecule has 152 valence electrons. The molecule has 0 aliphatic heterocycles. The minimum atomic E-state index is 0.00557. The average Bonchev–Trinajstić information content (AvgIpc) is 2.66. The van der Waals surface area contributed by atoms with E-state index in [0.717, 1.165) is 35.4 Å². The van der Waals surface area contributed by atoms with E-state index in [9.17, 15) is 9.59 Å². The van der Waals surface area contributed by atoms with Gasteiger partial charge in [0, 0.05) is 42.9 Å². The van der Waals surface area contributed by atoms with Gasteiger partial charge in [-0.1, -0.05) is 48.5 Å². The van der Waals surface area contributed by atoms with Crippen molar-refractivity contribution in [2.75, 3.05) is 5.75 Å². The molecule has 1 unspecified atom stereocenters. The molecule has 0 aliphatic carbocycles. The maximum absolute atomic E-state index is 12.8. The molecule has 1 heterocycles. The zero-order chi connectivity index (χ0) is 20.7. The van der Waals surface area contributed by atoms with E-state index in [2.05, 4.69) is 36.3 Å². The van der Waals surface area contributed by atoms with Gasteiger partial charge in [-0.2, -0.15) is 0 Å². The van der Waals surface area contributed by atoms with Gasteiger partial charge in [-0.05, 0) is 39.2 Å². The van der Waals surface area contributed by atoms with Crippen LogP contribution >= 0.6 is 11.8 Å². The monoisotopic (exact) mass is 401 g/mol. The molecule has 0 aliphatic rings. The van der Waals surface area contributed by atoms with Crippen molar-refractivity contribution >= 4 is 17.7 Å². The fourth-order valence-electron chi connectivity index (χ4n) is 2.93. The van der Waals surface area contributed by atoms with Gasteiger partial charge >= 0.3 is 0 Å². The first kappa shape index (κ1) is 22.2. The number of thioether (sulfide) groups is 1. The molecule has 1 N–H and O–H groups in total. The van der Waals surface area contributed by atoms with Crippen molar-refractivity contribution < 1.29 is 4.79 Å². The highest BCUT2D eigenvalue weighted by Gasteiger charge is 2.13. The molecule has 2 aromatic rings. The van der Waals surface area contributed by atoms with Crippen LogP contribution in [0.5, 0.6) is 0 Å². The number of amides is 1. The van der Waals surface area contributed by atoms with Crippen molar-refractivity contribution in [3.63, 3.8) is 0 Å². The van der Waals surface area contributed by atoms with E-state index in [1.807, 2.05) is 26.0 Å². The third kappa shape index (κ3) is 6.23. The first-order valence-electron chi connectivity index (χ1n) is 9.86. The Morgan fingerprint density at radius 1 is 1.32 bits per heavy atom. The van der Waals surface area contributed by atoms with E-state index in [-0.39, 0.29) is 17.5 Å². The topological polar surface area (TPSA) is 64.0 Å². The van der Waals surface area contributed by atoms with Crippen LogP contribution in [0.2, 0.25) is 0 Å². The number of carbonyl (C=O) groups is 1. The van der Waals surface area contributed by atoms with Gasteiger partial charge in [0.25, 0.3) is 5.56 Å². The molecule has 0 fully saturated rings. The number of benzene rings is 1. The Hall–Kier alpha value is -2.08. The Morgan fingerprint density at radius 2 is 2.07 bits per heavy atom. The Balaban J connectivity index is 1.99. The van der Waals surface area contributed by atoms with Crippen molar-refractivity contribution in [1.82, 2.24) is 14.9 Å². The summed E-state index contributed by atoms with van der Waals surface area (Å²) in [7, 11) is 1.77. The number of aryl methyl sites for hydroxylation is 2. The molecule has 5 nitrogen and oxygen atoms in total. The summed E-state index contributed by atoms with van der Waals surface area (Å²) in [6.45, 7) is 8.01. The van der Waals surface area contributed by atoms with E-state index in [4.69, 9.17) is 0 Å². The van der Waals surface area contributed by atoms with Crippen LogP contribution in [-0.4, -0.2) is 27.3 Å². The van der Waals surface area contributed by atoms with Crippen LogP contribution in [0.3, 0.4) is 0 Å². The van der Waals surface area contributed by atoms with Gasteiger partial charge < -0.3 is 5.32 Å². The Morgan fingerprint density at radius 3 is 2.75 bits per heavy atom. The predicted octanol–water partition coefficient (Wildman–Crippen LogP) is 3.77. The Kier molecular flexibility index (Phi) is 8.30. The molecule has 1 atom stereocenters. The minimum absolute atomic E-state index is 0.00557. The summed E-state index contributed by atoms with van der Waals surface area (Å²) in [4.78, 5) is 29.3. The second-order valence-electron chi connectivity index (χ2n) is 7.32. The fraction of sp³-hybridized carbons (Fsp3) is 0.500. The number of hydrogen-bond donors (Lipinski definition) is 1. The van der Waals surface area contributed by atoms with Crippen molar-refractivity contribution in [3.05, 3.63) is 57.0 Å². The average molecular weight is 402 g/mol. The van der Waals surface area contributed by atoms with Crippen LogP contribution in [-0.2, 0) is 18.3 Å². The third-order valence-corrected chi connectivity index (χ3v) is 5.93. The molecule has 1 aromatic carbocycles. The SMILES string of the molecule is CCC(C)NC(=O)CCCSc1nc(C)c(Cc2cccc(C)c2)c(=O)n1C. The van der Waals surface area contributed by atoms with Gasteiger partial charge in [0.05, 0.1) is 0 Å².